The van der Waals surface area contributed by atoms with E-state index >= 15 is 0 Å². The molecule has 5 heteroatoms. The number of rotatable bonds is 2. The second kappa shape index (κ2) is 5.30. The van der Waals surface area contributed by atoms with Crippen molar-refractivity contribution in [3.63, 3.8) is 0 Å². The highest BCUT2D eigenvalue weighted by atomic mass is 32.1. The number of thiophene rings is 1. The monoisotopic (exact) mass is 288 g/mol. The van der Waals surface area contributed by atoms with Gasteiger partial charge in [-0.3, -0.25) is 0 Å². The van der Waals surface area contributed by atoms with Crippen molar-refractivity contribution >= 4 is 27.4 Å². The zero-order chi connectivity index (χ0) is 13.4. The molecule has 2 aromatic heterocycles. The Bertz CT molecular complexity index is 590. The molecule has 0 saturated carbocycles. The van der Waals surface area contributed by atoms with E-state index < -0.39 is 0 Å². The molecule has 4 rings (SSSR count). The van der Waals surface area contributed by atoms with E-state index in [1.165, 1.54) is 43.3 Å². The first-order valence-electron chi connectivity index (χ1n) is 7.62. The maximum absolute atomic E-state index is 4.62. The van der Waals surface area contributed by atoms with Gasteiger partial charge in [-0.1, -0.05) is 0 Å². The third-order valence-electron chi connectivity index (χ3n) is 4.61. The summed E-state index contributed by atoms with van der Waals surface area (Å²) >= 11 is 1.77. The molecule has 0 bridgehead atoms. The van der Waals surface area contributed by atoms with Gasteiger partial charge in [0.1, 0.15) is 12.1 Å². The van der Waals surface area contributed by atoms with E-state index in [4.69, 9.17) is 0 Å². The lowest BCUT2D eigenvalue weighted by molar-refractivity contribution is 0.377. The normalized spacial score (nSPS) is 27.3. The van der Waals surface area contributed by atoms with Crippen LogP contribution in [0.5, 0.6) is 0 Å². The molecule has 2 unspecified atom stereocenters. The highest BCUT2D eigenvalue weighted by Crippen LogP contribution is 2.34. The van der Waals surface area contributed by atoms with E-state index in [1.54, 1.807) is 17.7 Å². The van der Waals surface area contributed by atoms with E-state index in [0.717, 1.165) is 17.9 Å². The quantitative estimate of drug-likeness (QED) is 0.922. The third-order valence-corrected chi connectivity index (χ3v) is 5.51. The molecule has 2 aromatic rings. The van der Waals surface area contributed by atoms with E-state index in [-0.39, 0.29) is 0 Å². The Morgan fingerprint density at radius 1 is 1.20 bits per heavy atom. The number of anilines is 1. The zero-order valence-corrected chi connectivity index (χ0v) is 12.4. The van der Waals surface area contributed by atoms with Gasteiger partial charge in [0.05, 0.1) is 10.2 Å². The van der Waals surface area contributed by atoms with Gasteiger partial charge in [-0.2, -0.15) is 0 Å². The topological polar surface area (TPSA) is 41.1 Å². The van der Waals surface area contributed by atoms with Gasteiger partial charge in [-0.05, 0) is 50.1 Å². The van der Waals surface area contributed by atoms with Crippen molar-refractivity contribution in [2.45, 2.75) is 44.2 Å². The first-order chi connectivity index (χ1) is 9.93. The average Bonchev–Trinajstić information content (AvgIpc) is 3.18. The average molecular weight is 288 g/mol. The first kappa shape index (κ1) is 12.5. The van der Waals surface area contributed by atoms with Crippen LogP contribution in [0, 0.1) is 0 Å². The molecule has 4 nitrogen and oxygen atoms in total. The van der Waals surface area contributed by atoms with Crippen LogP contribution in [0.3, 0.4) is 0 Å². The van der Waals surface area contributed by atoms with Crippen LogP contribution in [0.15, 0.2) is 17.8 Å². The molecule has 2 aliphatic rings. The van der Waals surface area contributed by atoms with Crippen molar-refractivity contribution in [3.8, 4) is 0 Å². The summed E-state index contributed by atoms with van der Waals surface area (Å²) in [5, 5.41) is 5.81. The van der Waals surface area contributed by atoms with Gasteiger partial charge in [-0.15, -0.1) is 11.3 Å². The Hall–Kier alpha value is -1.20. The molecule has 2 aliphatic heterocycles. The molecule has 20 heavy (non-hydrogen) atoms. The summed E-state index contributed by atoms with van der Waals surface area (Å²) in [5.74, 6) is 1.16. The predicted molar refractivity (Wildman–Crippen MR) is 83.4 cm³/mol. The molecule has 4 heterocycles. The molecule has 2 fully saturated rings. The van der Waals surface area contributed by atoms with E-state index in [0.29, 0.717) is 12.1 Å². The van der Waals surface area contributed by atoms with Crippen LogP contribution in [0.4, 0.5) is 5.82 Å². The molecular formula is C15H20N4S. The number of nitrogens with one attached hydrogen (secondary N) is 1. The molecule has 2 atom stereocenters. The molecule has 0 aromatic carbocycles. The number of aromatic nitrogens is 2. The molecular weight excluding hydrogens is 268 g/mol. The molecule has 106 valence electrons. The van der Waals surface area contributed by atoms with Crippen molar-refractivity contribution in [2.24, 2.45) is 0 Å². The lowest BCUT2D eigenvalue weighted by atomic mass is 9.94. The van der Waals surface area contributed by atoms with Gasteiger partial charge in [0, 0.05) is 18.6 Å². The van der Waals surface area contributed by atoms with Crippen molar-refractivity contribution in [1.29, 1.82) is 0 Å². The van der Waals surface area contributed by atoms with Crippen LogP contribution >= 0.6 is 11.3 Å². The molecule has 0 radical (unpaired) electrons. The van der Waals surface area contributed by atoms with Crippen LogP contribution in [-0.2, 0) is 0 Å². The van der Waals surface area contributed by atoms with Gasteiger partial charge >= 0.3 is 0 Å². The summed E-state index contributed by atoms with van der Waals surface area (Å²) in [5.41, 5.74) is 1.09. The minimum Gasteiger partial charge on any atom is -0.351 e. The van der Waals surface area contributed by atoms with Crippen LogP contribution in [0.2, 0.25) is 0 Å². The number of nitrogens with zero attached hydrogens (tertiary/aromatic N) is 3. The van der Waals surface area contributed by atoms with Crippen LogP contribution in [0.25, 0.3) is 10.2 Å². The van der Waals surface area contributed by atoms with Gasteiger partial charge in [-0.25, -0.2) is 9.97 Å². The fourth-order valence-electron chi connectivity index (χ4n) is 3.66. The molecule has 1 N–H and O–H groups in total. The highest BCUT2D eigenvalue weighted by Gasteiger charge is 2.33. The van der Waals surface area contributed by atoms with Gasteiger partial charge in [0.15, 0.2) is 0 Å². The highest BCUT2D eigenvalue weighted by molar-refractivity contribution is 7.17. The number of piperidine rings is 1. The molecule has 0 spiro atoms. The van der Waals surface area contributed by atoms with Gasteiger partial charge < -0.3 is 10.2 Å². The summed E-state index contributed by atoms with van der Waals surface area (Å²) in [6.07, 6.45) is 8.25. The van der Waals surface area contributed by atoms with Gasteiger partial charge in [0.25, 0.3) is 0 Å². The fraction of sp³-hybridized carbons (Fsp3) is 0.600. The second-order valence-electron chi connectivity index (χ2n) is 5.79. The van der Waals surface area contributed by atoms with Crippen LogP contribution in [0.1, 0.15) is 32.1 Å². The maximum atomic E-state index is 4.62. The zero-order valence-electron chi connectivity index (χ0n) is 11.6. The number of hydrogen-bond donors (Lipinski definition) is 1. The van der Waals surface area contributed by atoms with E-state index in [1.807, 2.05) is 0 Å². The minimum absolute atomic E-state index is 0.603. The van der Waals surface area contributed by atoms with Crippen molar-refractivity contribution in [3.05, 3.63) is 17.8 Å². The lowest BCUT2D eigenvalue weighted by Gasteiger charge is -2.40. The van der Waals surface area contributed by atoms with E-state index in [9.17, 15) is 0 Å². The molecule has 2 saturated heterocycles. The number of hydrogen-bond acceptors (Lipinski definition) is 5. The van der Waals surface area contributed by atoms with Crippen LogP contribution < -0.4 is 10.2 Å². The minimum atomic E-state index is 0.603. The summed E-state index contributed by atoms with van der Waals surface area (Å²) in [6.45, 7) is 2.31. The lowest BCUT2D eigenvalue weighted by Crippen LogP contribution is -2.50. The smallest absolute Gasteiger partial charge is 0.150 e. The Kier molecular flexibility index (Phi) is 3.32. The third kappa shape index (κ3) is 2.09. The predicted octanol–water partition coefficient (Wildman–Crippen LogP) is 2.80. The van der Waals surface area contributed by atoms with Crippen molar-refractivity contribution in [2.75, 3.05) is 18.0 Å². The standard InChI is InChI=1S/C15H20N4S/c1-2-8-19(13(5-1)11-4-3-7-16-11)15-14-12(6-9-20-14)17-10-18-15/h6,9-11,13,16H,1-5,7-8H2. The Morgan fingerprint density at radius 3 is 3.10 bits per heavy atom. The van der Waals surface area contributed by atoms with Crippen molar-refractivity contribution < 1.29 is 0 Å². The van der Waals surface area contributed by atoms with Crippen LogP contribution in [-0.4, -0.2) is 35.1 Å². The Balaban J connectivity index is 1.72. The summed E-state index contributed by atoms with van der Waals surface area (Å²) in [6, 6.07) is 3.34. The first-order valence-corrected chi connectivity index (χ1v) is 8.50. The second-order valence-corrected chi connectivity index (χ2v) is 6.71. The Labute approximate surface area is 123 Å². The Morgan fingerprint density at radius 2 is 2.20 bits per heavy atom. The number of fused-ring (bicyclic) bond motifs is 1. The summed E-state index contributed by atoms with van der Waals surface area (Å²) in [7, 11) is 0. The van der Waals surface area contributed by atoms with E-state index in [2.05, 4.69) is 31.6 Å². The summed E-state index contributed by atoms with van der Waals surface area (Å²) < 4.78 is 1.25. The SMILES string of the molecule is c1nc(N2CCCCC2C2CCCN2)c2sccc2n1. The largest absolute Gasteiger partial charge is 0.351 e. The maximum Gasteiger partial charge on any atom is 0.150 e. The molecule has 0 amide bonds. The van der Waals surface area contributed by atoms with Gasteiger partial charge in [0.2, 0.25) is 0 Å². The molecule has 0 aliphatic carbocycles. The summed E-state index contributed by atoms with van der Waals surface area (Å²) in [4.78, 5) is 11.5. The fourth-order valence-corrected chi connectivity index (χ4v) is 4.51. The van der Waals surface area contributed by atoms with Crippen molar-refractivity contribution in [1.82, 2.24) is 15.3 Å².